The highest BCUT2D eigenvalue weighted by Gasteiger charge is 2.04. The molecule has 36 heavy (non-hydrogen) atoms. The molecule has 0 fully saturated rings. The van der Waals surface area contributed by atoms with Gasteiger partial charge in [-0.3, -0.25) is 0 Å². The number of benzene rings is 8. The van der Waals surface area contributed by atoms with E-state index >= 15 is 0 Å². The Hall–Kier alpha value is -4.68. The Bertz CT molecular complexity index is 1900. The Labute approximate surface area is 210 Å². The molecule has 0 nitrogen and oxygen atoms in total. The van der Waals surface area contributed by atoms with Crippen molar-refractivity contribution in [1.29, 1.82) is 0 Å². The van der Waals surface area contributed by atoms with E-state index in [-0.39, 0.29) is 0 Å². The molecule has 0 saturated carbocycles. The normalized spacial score (nSPS) is 11.3. The van der Waals surface area contributed by atoms with Crippen LogP contribution < -0.4 is 0 Å². The van der Waals surface area contributed by atoms with Crippen LogP contribution in [0.2, 0.25) is 0 Å². The predicted octanol–water partition coefficient (Wildman–Crippen LogP) is 10.3. The first-order valence-electron chi connectivity index (χ1n) is 12.4. The van der Waals surface area contributed by atoms with E-state index in [9.17, 15) is 0 Å². The van der Waals surface area contributed by atoms with Crippen molar-refractivity contribution in [3.8, 4) is 0 Å². The molecule has 0 unspecified atom stereocenters. The molecule has 8 aromatic carbocycles. The van der Waals surface area contributed by atoms with Gasteiger partial charge in [-0.25, -0.2) is 0 Å². The molecule has 0 saturated heterocycles. The van der Waals surface area contributed by atoms with Crippen LogP contribution in [0.3, 0.4) is 0 Å². The van der Waals surface area contributed by atoms with Crippen LogP contribution in [0.25, 0.3) is 64.6 Å². The molecule has 0 spiro atoms. The van der Waals surface area contributed by atoms with E-state index in [1.165, 1.54) is 64.6 Å². The van der Waals surface area contributed by atoms with Gasteiger partial charge in [0.25, 0.3) is 0 Å². The van der Waals surface area contributed by atoms with Gasteiger partial charge in [0, 0.05) is 0 Å². The zero-order chi connectivity index (χ0) is 23.9. The number of hydrogen-bond donors (Lipinski definition) is 0. The summed E-state index contributed by atoms with van der Waals surface area (Å²) in [7, 11) is 0. The summed E-state index contributed by atoms with van der Waals surface area (Å²) in [6, 6.07) is 52.2. The lowest BCUT2D eigenvalue weighted by Crippen LogP contribution is -1.81. The minimum Gasteiger partial charge on any atom is -0.0616 e. The van der Waals surface area contributed by atoms with Crippen molar-refractivity contribution < 1.29 is 0 Å². The summed E-state index contributed by atoms with van der Waals surface area (Å²) in [6.45, 7) is 0. The molecule has 168 valence electrons. The highest BCUT2D eigenvalue weighted by molar-refractivity contribution is 6.15. The summed E-state index contributed by atoms with van der Waals surface area (Å²) >= 11 is 0. The summed E-state index contributed by atoms with van der Waals surface area (Å²) in [5.74, 6) is 0. The van der Waals surface area contributed by atoms with E-state index < -0.39 is 0 Å². The third kappa shape index (κ3) is 3.56. The molecular weight excluding hydrogens is 432 g/mol. The van der Waals surface area contributed by atoms with Gasteiger partial charge < -0.3 is 0 Å². The number of rotatable bonds is 0. The summed E-state index contributed by atoms with van der Waals surface area (Å²) in [4.78, 5) is 0. The number of hydrogen-bond acceptors (Lipinski definition) is 0. The van der Waals surface area contributed by atoms with E-state index in [0.29, 0.717) is 0 Å². The lowest BCUT2D eigenvalue weighted by molar-refractivity contribution is 1.76. The lowest BCUT2D eigenvalue weighted by atomic mass is 9.96. The van der Waals surface area contributed by atoms with Crippen LogP contribution in [-0.4, -0.2) is 0 Å². The van der Waals surface area contributed by atoms with Crippen LogP contribution >= 0.6 is 0 Å². The molecule has 0 atom stereocenters. The van der Waals surface area contributed by atoms with Gasteiger partial charge in [0.1, 0.15) is 0 Å². The molecule has 8 aromatic rings. The average Bonchev–Trinajstić information content (AvgIpc) is 2.95. The molecule has 0 radical (unpaired) electrons. The van der Waals surface area contributed by atoms with Gasteiger partial charge in [-0.1, -0.05) is 121 Å². The molecule has 0 aliphatic carbocycles. The highest BCUT2D eigenvalue weighted by atomic mass is 14.1. The summed E-state index contributed by atoms with van der Waals surface area (Å²) < 4.78 is 0. The fraction of sp³-hybridized carbons (Fsp3) is 0. The second kappa shape index (κ2) is 8.52. The third-order valence-electron chi connectivity index (χ3n) is 7.22. The van der Waals surface area contributed by atoms with Gasteiger partial charge >= 0.3 is 0 Å². The second-order valence-electron chi connectivity index (χ2n) is 9.41. The third-order valence-corrected chi connectivity index (χ3v) is 7.22. The van der Waals surface area contributed by atoms with Gasteiger partial charge in [0.05, 0.1) is 0 Å². The first-order valence-corrected chi connectivity index (χ1v) is 12.4. The van der Waals surface area contributed by atoms with E-state index in [4.69, 9.17) is 0 Å². The fourth-order valence-electron chi connectivity index (χ4n) is 5.39. The van der Waals surface area contributed by atoms with Crippen LogP contribution in [0.4, 0.5) is 0 Å². The fourth-order valence-corrected chi connectivity index (χ4v) is 5.39. The van der Waals surface area contributed by atoms with Gasteiger partial charge in [-0.05, 0) is 88.9 Å². The maximum Gasteiger partial charge on any atom is -0.00988 e. The minimum atomic E-state index is 1.30. The Morgan fingerprint density at radius 1 is 0.194 bits per heavy atom. The second-order valence-corrected chi connectivity index (χ2v) is 9.41. The molecular formula is C36H24. The van der Waals surface area contributed by atoms with Crippen molar-refractivity contribution in [2.24, 2.45) is 0 Å². The van der Waals surface area contributed by atoms with Crippen LogP contribution in [-0.2, 0) is 0 Å². The summed E-state index contributed by atoms with van der Waals surface area (Å²) in [6.07, 6.45) is 0. The largest absolute Gasteiger partial charge is 0.0616 e. The van der Waals surface area contributed by atoms with Gasteiger partial charge in [0.2, 0.25) is 0 Å². The van der Waals surface area contributed by atoms with E-state index in [1.807, 2.05) is 0 Å². The van der Waals surface area contributed by atoms with Crippen molar-refractivity contribution in [2.75, 3.05) is 0 Å². The first kappa shape index (κ1) is 20.7. The summed E-state index contributed by atoms with van der Waals surface area (Å²) in [5, 5.41) is 15.8. The molecule has 0 aliphatic heterocycles. The summed E-state index contributed by atoms with van der Waals surface area (Å²) in [5.41, 5.74) is 0. The predicted molar refractivity (Wildman–Crippen MR) is 158 cm³/mol. The van der Waals surface area contributed by atoms with E-state index in [1.54, 1.807) is 0 Å². The maximum atomic E-state index is 2.32. The zero-order valence-corrected chi connectivity index (χ0v) is 19.9. The zero-order valence-electron chi connectivity index (χ0n) is 19.9. The van der Waals surface area contributed by atoms with Crippen molar-refractivity contribution >= 4 is 64.6 Å². The van der Waals surface area contributed by atoms with E-state index in [0.717, 1.165) is 0 Å². The van der Waals surface area contributed by atoms with Crippen LogP contribution in [0.1, 0.15) is 0 Å². The monoisotopic (exact) mass is 456 g/mol. The van der Waals surface area contributed by atoms with Gasteiger partial charge in [-0.15, -0.1) is 0 Å². The van der Waals surface area contributed by atoms with Crippen LogP contribution in [0.15, 0.2) is 146 Å². The van der Waals surface area contributed by atoms with Crippen molar-refractivity contribution in [1.82, 2.24) is 0 Å². The molecule has 0 N–H and O–H groups in total. The van der Waals surface area contributed by atoms with Gasteiger partial charge in [0.15, 0.2) is 0 Å². The minimum absolute atomic E-state index is 1.30. The highest BCUT2D eigenvalue weighted by Crippen LogP contribution is 2.32. The SMILES string of the molecule is c1ccc2c(c1)ccc1ccccc12.c1ccc2cc3c(ccc4cc5ccccc5cc43)cc2c1. The Morgan fingerprint density at radius 2 is 0.500 bits per heavy atom. The standard InChI is InChI=1S/C22H14.C14H10/c1-3-7-17-13-21-19(11-15(17)5-1)9-10-20-12-16-6-2-4-8-18(16)14-22(20)21;1-3-7-13-11(5-1)9-10-12-6-2-4-8-14(12)13/h1-14H;1-10H. The Morgan fingerprint density at radius 3 is 0.917 bits per heavy atom. The Balaban J connectivity index is 0.000000136. The molecule has 0 heterocycles. The van der Waals surface area contributed by atoms with Crippen LogP contribution in [0.5, 0.6) is 0 Å². The topological polar surface area (TPSA) is 0 Å². The lowest BCUT2D eigenvalue weighted by Gasteiger charge is -2.08. The smallest absolute Gasteiger partial charge is 0.00988 e. The van der Waals surface area contributed by atoms with Gasteiger partial charge in [-0.2, -0.15) is 0 Å². The molecule has 0 amide bonds. The van der Waals surface area contributed by atoms with Crippen molar-refractivity contribution in [3.63, 3.8) is 0 Å². The van der Waals surface area contributed by atoms with E-state index in [2.05, 4.69) is 146 Å². The maximum absolute atomic E-state index is 2.32. The molecule has 0 aromatic heterocycles. The quantitative estimate of drug-likeness (QED) is 0.157. The molecule has 0 heteroatoms. The average molecular weight is 457 g/mol. The van der Waals surface area contributed by atoms with Crippen molar-refractivity contribution in [2.45, 2.75) is 0 Å². The van der Waals surface area contributed by atoms with Crippen LogP contribution in [0, 0.1) is 0 Å². The van der Waals surface area contributed by atoms with Crippen molar-refractivity contribution in [3.05, 3.63) is 146 Å². The molecule has 0 aliphatic rings. The molecule has 8 rings (SSSR count). The molecule has 0 bridgehead atoms. The first-order chi connectivity index (χ1) is 17.8. The number of fused-ring (bicyclic) bond motifs is 8. The Kier molecular flexibility index (Phi) is 4.89.